The summed E-state index contributed by atoms with van der Waals surface area (Å²) < 4.78 is 5.46. The van der Waals surface area contributed by atoms with Crippen LogP contribution in [-0.4, -0.2) is 24.3 Å². The second-order valence-corrected chi connectivity index (χ2v) is 6.10. The van der Waals surface area contributed by atoms with Crippen LogP contribution >= 0.6 is 0 Å². The molecule has 1 aliphatic heterocycles. The number of rotatable bonds is 5. The summed E-state index contributed by atoms with van der Waals surface area (Å²) in [5.74, 6) is -0.194. The lowest BCUT2D eigenvalue weighted by Gasteiger charge is -2.10. The normalized spacial score (nSPS) is 12.8. The van der Waals surface area contributed by atoms with Crippen LogP contribution in [0.4, 0.5) is 5.69 Å². The predicted octanol–water partition coefficient (Wildman–Crippen LogP) is 2.71. The Bertz CT molecular complexity index is 841. The number of hydrogen-bond donors (Lipinski definition) is 2. The lowest BCUT2D eigenvalue weighted by atomic mass is 10.0. The number of amides is 3. The molecule has 0 unspecified atom stereocenters. The third-order valence-corrected chi connectivity index (χ3v) is 3.94. The molecule has 1 heterocycles. The van der Waals surface area contributed by atoms with E-state index in [1.165, 1.54) is 17.7 Å². The van der Waals surface area contributed by atoms with Gasteiger partial charge in [-0.05, 0) is 41.8 Å². The zero-order valence-corrected chi connectivity index (χ0v) is 14.0. The van der Waals surface area contributed by atoms with Gasteiger partial charge >= 0.3 is 0 Å². The molecular weight excluding hydrogens is 320 g/mol. The van der Waals surface area contributed by atoms with Gasteiger partial charge in [-0.25, -0.2) is 0 Å². The van der Waals surface area contributed by atoms with E-state index < -0.39 is 11.8 Å². The van der Waals surface area contributed by atoms with Crippen LogP contribution in [0.5, 0.6) is 5.75 Å². The van der Waals surface area contributed by atoms with Crippen molar-refractivity contribution in [2.75, 3.05) is 11.9 Å². The van der Waals surface area contributed by atoms with Crippen molar-refractivity contribution in [3.63, 3.8) is 0 Å². The Balaban J connectivity index is 1.59. The van der Waals surface area contributed by atoms with Crippen LogP contribution in [0.1, 0.15) is 46.0 Å². The number of carbonyl (C=O) groups excluding carboxylic acids is 3. The van der Waals surface area contributed by atoms with Crippen LogP contribution in [0, 0.1) is 0 Å². The van der Waals surface area contributed by atoms with Crippen molar-refractivity contribution in [2.45, 2.75) is 19.8 Å². The number of imide groups is 1. The van der Waals surface area contributed by atoms with Crippen molar-refractivity contribution in [2.24, 2.45) is 0 Å². The average Bonchev–Trinajstić information content (AvgIpc) is 2.87. The molecule has 0 spiro atoms. The maximum Gasteiger partial charge on any atom is 0.262 e. The molecule has 0 aliphatic carbocycles. The molecule has 6 nitrogen and oxygen atoms in total. The Kier molecular flexibility index (Phi) is 4.52. The molecule has 25 heavy (non-hydrogen) atoms. The van der Waals surface area contributed by atoms with Crippen LogP contribution < -0.4 is 15.4 Å². The molecule has 0 atom stereocenters. The maximum absolute atomic E-state index is 12.0. The van der Waals surface area contributed by atoms with E-state index in [0.717, 1.165) is 0 Å². The molecule has 1 aliphatic rings. The summed E-state index contributed by atoms with van der Waals surface area (Å²) in [4.78, 5) is 35.1. The number of anilines is 1. The Morgan fingerprint density at radius 3 is 2.40 bits per heavy atom. The van der Waals surface area contributed by atoms with E-state index in [-0.39, 0.29) is 18.1 Å². The van der Waals surface area contributed by atoms with Crippen molar-refractivity contribution in [1.82, 2.24) is 5.32 Å². The van der Waals surface area contributed by atoms with Gasteiger partial charge in [-0.15, -0.1) is 0 Å². The van der Waals surface area contributed by atoms with Crippen LogP contribution in [0.15, 0.2) is 42.5 Å². The van der Waals surface area contributed by atoms with Crippen molar-refractivity contribution in [3.05, 3.63) is 59.2 Å². The highest BCUT2D eigenvalue weighted by Gasteiger charge is 2.26. The van der Waals surface area contributed by atoms with Gasteiger partial charge in [0.05, 0.1) is 11.1 Å². The standard InChI is InChI=1S/C19H18N2O4/c1-11(2)12-3-6-14(7-4-12)25-10-17(22)20-13-5-8-15-16(9-13)19(24)21-18(15)23/h3-9,11H,10H2,1-2H3,(H,20,22)(H,21,23,24). The van der Waals surface area contributed by atoms with Crippen molar-refractivity contribution in [3.8, 4) is 5.75 Å². The summed E-state index contributed by atoms with van der Waals surface area (Å²) in [5, 5.41) is 4.86. The SMILES string of the molecule is CC(C)c1ccc(OCC(=O)Nc2ccc3c(c2)C(=O)NC3=O)cc1. The molecule has 3 amide bonds. The van der Waals surface area contributed by atoms with Crippen molar-refractivity contribution < 1.29 is 19.1 Å². The average molecular weight is 338 g/mol. The molecule has 3 rings (SSSR count). The first-order valence-electron chi connectivity index (χ1n) is 7.96. The summed E-state index contributed by atoms with van der Waals surface area (Å²) in [6, 6.07) is 12.2. The van der Waals surface area contributed by atoms with Crippen molar-refractivity contribution in [1.29, 1.82) is 0 Å². The minimum Gasteiger partial charge on any atom is -0.484 e. The van der Waals surface area contributed by atoms with Gasteiger partial charge in [-0.3, -0.25) is 19.7 Å². The molecule has 0 saturated heterocycles. The van der Waals surface area contributed by atoms with E-state index in [2.05, 4.69) is 24.5 Å². The second-order valence-electron chi connectivity index (χ2n) is 6.10. The van der Waals surface area contributed by atoms with E-state index in [4.69, 9.17) is 4.74 Å². The highest BCUT2D eigenvalue weighted by molar-refractivity contribution is 6.22. The largest absolute Gasteiger partial charge is 0.484 e. The lowest BCUT2D eigenvalue weighted by Crippen LogP contribution is -2.20. The molecule has 0 fully saturated rings. The van der Waals surface area contributed by atoms with Gasteiger partial charge in [-0.2, -0.15) is 0 Å². The molecule has 0 aromatic heterocycles. The fraction of sp³-hybridized carbons (Fsp3) is 0.211. The molecule has 2 aromatic rings. The van der Waals surface area contributed by atoms with Crippen LogP contribution in [0.3, 0.4) is 0 Å². The molecule has 0 bridgehead atoms. The lowest BCUT2D eigenvalue weighted by molar-refractivity contribution is -0.118. The third-order valence-electron chi connectivity index (χ3n) is 3.94. The third kappa shape index (κ3) is 3.68. The second kappa shape index (κ2) is 6.76. The summed E-state index contributed by atoms with van der Waals surface area (Å²) in [5.41, 5.74) is 2.20. The smallest absolute Gasteiger partial charge is 0.262 e. The van der Waals surface area contributed by atoms with Gasteiger partial charge in [-0.1, -0.05) is 26.0 Å². The zero-order chi connectivity index (χ0) is 18.0. The van der Waals surface area contributed by atoms with E-state index in [0.29, 0.717) is 22.9 Å². The monoisotopic (exact) mass is 338 g/mol. The molecule has 2 aromatic carbocycles. The fourth-order valence-corrected chi connectivity index (χ4v) is 2.54. The van der Waals surface area contributed by atoms with Gasteiger partial charge < -0.3 is 10.1 Å². The van der Waals surface area contributed by atoms with Gasteiger partial charge in [0.15, 0.2) is 6.61 Å². The number of carbonyl (C=O) groups is 3. The van der Waals surface area contributed by atoms with E-state index in [1.54, 1.807) is 6.07 Å². The van der Waals surface area contributed by atoms with E-state index >= 15 is 0 Å². The Morgan fingerprint density at radius 2 is 1.72 bits per heavy atom. The summed E-state index contributed by atoms with van der Waals surface area (Å²) in [7, 11) is 0. The molecule has 6 heteroatoms. The summed E-state index contributed by atoms with van der Waals surface area (Å²) in [6.45, 7) is 4.06. The maximum atomic E-state index is 12.0. The van der Waals surface area contributed by atoms with Gasteiger partial charge in [0.25, 0.3) is 17.7 Å². The first-order chi connectivity index (χ1) is 11.9. The van der Waals surface area contributed by atoms with Gasteiger partial charge in [0, 0.05) is 5.69 Å². The highest BCUT2D eigenvalue weighted by Crippen LogP contribution is 2.21. The Labute approximate surface area is 145 Å². The van der Waals surface area contributed by atoms with Crippen LogP contribution in [0.25, 0.3) is 0 Å². The van der Waals surface area contributed by atoms with Gasteiger partial charge in [0.1, 0.15) is 5.75 Å². The van der Waals surface area contributed by atoms with E-state index in [1.807, 2.05) is 24.3 Å². The van der Waals surface area contributed by atoms with Crippen molar-refractivity contribution >= 4 is 23.4 Å². The minimum absolute atomic E-state index is 0.150. The van der Waals surface area contributed by atoms with Crippen LogP contribution in [0.2, 0.25) is 0 Å². The number of benzene rings is 2. The minimum atomic E-state index is -0.461. The number of fused-ring (bicyclic) bond motifs is 1. The number of ether oxygens (including phenoxy) is 1. The number of nitrogens with one attached hydrogen (secondary N) is 2. The first kappa shape index (κ1) is 16.7. The quantitative estimate of drug-likeness (QED) is 0.821. The molecule has 0 saturated carbocycles. The molecular formula is C19H18N2O4. The first-order valence-corrected chi connectivity index (χ1v) is 7.96. The molecule has 2 N–H and O–H groups in total. The van der Waals surface area contributed by atoms with Crippen LogP contribution in [-0.2, 0) is 4.79 Å². The van der Waals surface area contributed by atoms with E-state index in [9.17, 15) is 14.4 Å². The Hall–Kier alpha value is -3.15. The molecule has 128 valence electrons. The topological polar surface area (TPSA) is 84.5 Å². The number of hydrogen-bond acceptors (Lipinski definition) is 4. The summed E-state index contributed by atoms with van der Waals surface area (Å²) >= 11 is 0. The van der Waals surface area contributed by atoms with Gasteiger partial charge in [0.2, 0.25) is 0 Å². The Morgan fingerprint density at radius 1 is 1.04 bits per heavy atom. The zero-order valence-electron chi connectivity index (χ0n) is 14.0. The molecule has 0 radical (unpaired) electrons. The highest BCUT2D eigenvalue weighted by atomic mass is 16.5. The fourth-order valence-electron chi connectivity index (χ4n) is 2.54. The predicted molar refractivity (Wildman–Crippen MR) is 92.9 cm³/mol. The summed E-state index contributed by atoms with van der Waals surface area (Å²) in [6.07, 6.45) is 0.